The zero-order valence-corrected chi connectivity index (χ0v) is 12.1. The Morgan fingerprint density at radius 1 is 1.37 bits per heavy atom. The summed E-state index contributed by atoms with van der Waals surface area (Å²) in [6.45, 7) is 0.634. The number of anilines is 3. The van der Waals surface area contributed by atoms with E-state index in [4.69, 9.17) is 4.74 Å². The molecule has 0 amide bonds. The van der Waals surface area contributed by atoms with Crippen molar-refractivity contribution < 1.29 is 4.74 Å². The van der Waals surface area contributed by atoms with Crippen LogP contribution in [0.2, 0.25) is 0 Å². The Morgan fingerprint density at radius 3 is 2.84 bits per heavy atom. The van der Waals surface area contributed by atoms with Crippen molar-refractivity contribution in [1.82, 2.24) is 14.3 Å². The monoisotopic (exact) mass is 279 g/mol. The molecular formula is C12H17N5OS. The Balaban J connectivity index is 1.98. The normalized spacial score (nSPS) is 10.5. The standard InChI is InChI=1S/C12H17N5OS/c1-17(2)11-5-4-9(8-13-11)14-12-15-10(16-19-12)6-7-18-3/h4-5,8H,6-7H2,1-3H3,(H,14,15,16). The Morgan fingerprint density at radius 2 is 2.21 bits per heavy atom. The SMILES string of the molecule is COCCc1nsc(Nc2ccc(N(C)C)nc2)n1. The zero-order chi connectivity index (χ0) is 13.7. The van der Waals surface area contributed by atoms with Crippen molar-refractivity contribution >= 4 is 28.2 Å². The van der Waals surface area contributed by atoms with Crippen LogP contribution in [0.1, 0.15) is 5.82 Å². The van der Waals surface area contributed by atoms with E-state index in [0.717, 1.165) is 28.9 Å². The summed E-state index contributed by atoms with van der Waals surface area (Å²) in [5.41, 5.74) is 0.903. The fourth-order valence-electron chi connectivity index (χ4n) is 1.45. The predicted octanol–water partition coefficient (Wildman–Crippen LogP) is 1.93. The molecule has 1 N–H and O–H groups in total. The highest BCUT2D eigenvalue weighted by atomic mass is 32.1. The average Bonchev–Trinajstić information content (AvgIpc) is 2.84. The van der Waals surface area contributed by atoms with Gasteiger partial charge >= 0.3 is 0 Å². The van der Waals surface area contributed by atoms with E-state index in [1.165, 1.54) is 11.5 Å². The topological polar surface area (TPSA) is 63.2 Å². The minimum atomic E-state index is 0.634. The highest BCUT2D eigenvalue weighted by Gasteiger charge is 2.04. The van der Waals surface area contributed by atoms with Crippen LogP contribution < -0.4 is 10.2 Å². The van der Waals surface area contributed by atoms with Gasteiger partial charge in [0.25, 0.3) is 0 Å². The lowest BCUT2D eigenvalue weighted by Gasteiger charge is -2.11. The van der Waals surface area contributed by atoms with E-state index in [-0.39, 0.29) is 0 Å². The molecule has 0 atom stereocenters. The summed E-state index contributed by atoms with van der Waals surface area (Å²) in [7, 11) is 5.59. The molecule has 0 fully saturated rings. The summed E-state index contributed by atoms with van der Waals surface area (Å²) < 4.78 is 9.25. The van der Waals surface area contributed by atoms with Gasteiger partial charge in [-0.2, -0.15) is 4.37 Å². The van der Waals surface area contributed by atoms with Crippen molar-refractivity contribution in [2.75, 3.05) is 38.0 Å². The molecule has 102 valence electrons. The number of ether oxygens (including phenoxy) is 1. The number of hydrogen-bond acceptors (Lipinski definition) is 7. The van der Waals surface area contributed by atoms with Crippen LogP contribution >= 0.6 is 11.5 Å². The Kier molecular flexibility index (Phi) is 4.64. The minimum absolute atomic E-state index is 0.634. The fraction of sp³-hybridized carbons (Fsp3) is 0.417. The van der Waals surface area contributed by atoms with Gasteiger partial charge in [0.2, 0.25) is 5.13 Å². The maximum Gasteiger partial charge on any atom is 0.207 e. The van der Waals surface area contributed by atoms with Gasteiger partial charge in [-0.25, -0.2) is 9.97 Å². The van der Waals surface area contributed by atoms with Gasteiger partial charge in [0, 0.05) is 39.2 Å². The van der Waals surface area contributed by atoms with Crippen LogP contribution in [0.3, 0.4) is 0 Å². The smallest absolute Gasteiger partial charge is 0.207 e. The van der Waals surface area contributed by atoms with Gasteiger partial charge in [-0.05, 0) is 12.1 Å². The maximum absolute atomic E-state index is 5.00. The number of nitrogens with one attached hydrogen (secondary N) is 1. The van der Waals surface area contributed by atoms with Crippen LogP contribution in [-0.4, -0.2) is 42.2 Å². The molecule has 0 aliphatic rings. The molecule has 0 spiro atoms. The average molecular weight is 279 g/mol. The first-order chi connectivity index (χ1) is 9.19. The molecule has 0 aromatic carbocycles. The molecule has 0 saturated heterocycles. The Hall–Kier alpha value is -1.73. The summed E-state index contributed by atoms with van der Waals surface area (Å²) in [5.74, 6) is 1.72. The van der Waals surface area contributed by atoms with Crippen LogP contribution in [0.25, 0.3) is 0 Å². The van der Waals surface area contributed by atoms with E-state index in [1.54, 1.807) is 13.3 Å². The first-order valence-corrected chi connectivity index (χ1v) is 6.68. The molecule has 0 radical (unpaired) electrons. The third-order valence-electron chi connectivity index (χ3n) is 2.46. The highest BCUT2D eigenvalue weighted by Crippen LogP contribution is 2.19. The van der Waals surface area contributed by atoms with E-state index in [0.29, 0.717) is 6.61 Å². The van der Waals surface area contributed by atoms with E-state index >= 15 is 0 Å². The molecule has 19 heavy (non-hydrogen) atoms. The summed E-state index contributed by atoms with van der Waals surface area (Å²) in [6, 6.07) is 3.92. The van der Waals surface area contributed by atoms with Crippen LogP contribution in [0, 0.1) is 0 Å². The Labute approximate surface area is 116 Å². The van der Waals surface area contributed by atoms with Crippen LogP contribution in [0.15, 0.2) is 18.3 Å². The largest absolute Gasteiger partial charge is 0.384 e. The van der Waals surface area contributed by atoms with E-state index in [1.807, 2.05) is 31.1 Å². The number of methoxy groups -OCH3 is 1. The van der Waals surface area contributed by atoms with Gasteiger partial charge in [0.1, 0.15) is 11.6 Å². The molecule has 0 saturated carbocycles. The minimum Gasteiger partial charge on any atom is -0.384 e. The lowest BCUT2D eigenvalue weighted by atomic mass is 10.4. The van der Waals surface area contributed by atoms with Crippen molar-refractivity contribution in [3.63, 3.8) is 0 Å². The van der Waals surface area contributed by atoms with E-state index in [9.17, 15) is 0 Å². The van der Waals surface area contributed by atoms with Gasteiger partial charge in [0.05, 0.1) is 18.5 Å². The lowest BCUT2D eigenvalue weighted by Crippen LogP contribution is -2.10. The summed E-state index contributed by atoms with van der Waals surface area (Å²) >= 11 is 1.34. The van der Waals surface area contributed by atoms with Crippen LogP contribution in [0.5, 0.6) is 0 Å². The third-order valence-corrected chi connectivity index (χ3v) is 3.12. The quantitative estimate of drug-likeness (QED) is 0.871. The summed E-state index contributed by atoms with van der Waals surface area (Å²) in [5, 5.41) is 3.96. The molecule has 0 aliphatic carbocycles. The number of nitrogens with zero attached hydrogens (tertiary/aromatic N) is 4. The van der Waals surface area contributed by atoms with E-state index in [2.05, 4.69) is 19.7 Å². The predicted molar refractivity (Wildman–Crippen MR) is 77.3 cm³/mol. The summed E-state index contributed by atoms with van der Waals surface area (Å²) in [4.78, 5) is 10.7. The van der Waals surface area contributed by atoms with Gasteiger partial charge in [-0.3, -0.25) is 0 Å². The van der Waals surface area contributed by atoms with Crippen molar-refractivity contribution in [3.8, 4) is 0 Å². The highest BCUT2D eigenvalue weighted by molar-refractivity contribution is 7.09. The number of hydrogen-bond donors (Lipinski definition) is 1. The van der Waals surface area contributed by atoms with Gasteiger partial charge in [-0.1, -0.05) is 0 Å². The number of pyridine rings is 1. The van der Waals surface area contributed by atoms with E-state index < -0.39 is 0 Å². The second-order valence-corrected chi connectivity index (χ2v) is 4.93. The second-order valence-electron chi connectivity index (χ2n) is 4.18. The van der Waals surface area contributed by atoms with Gasteiger partial charge < -0.3 is 15.0 Å². The van der Waals surface area contributed by atoms with Gasteiger partial charge in [0.15, 0.2) is 0 Å². The molecular weight excluding hydrogens is 262 g/mol. The fourth-order valence-corrected chi connectivity index (χ4v) is 2.08. The molecule has 2 heterocycles. The molecule has 0 bridgehead atoms. The molecule has 2 rings (SSSR count). The lowest BCUT2D eigenvalue weighted by molar-refractivity contribution is 0.201. The molecule has 2 aromatic heterocycles. The zero-order valence-electron chi connectivity index (χ0n) is 11.3. The van der Waals surface area contributed by atoms with Crippen LogP contribution in [-0.2, 0) is 11.2 Å². The first kappa shape index (κ1) is 13.7. The Bertz CT molecular complexity index is 511. The number of aromatic nitrogens is 3. The molecule has 6 nitrogen and oxygen atoms in total. The molecule has 0 aliphatic heterocycles. The van der Waals surface area contributed by atoms with Crippen molar-refractivity contribution in [2.45, 2.75) is 6.42 Å². The maximum atomic E-state index is 5.00. The first-order valence-electron chi connectivity index (χ1n) is 5.91. The van der Waals surface area contributed by atoms with Gasteiger partial charge in [-0.15, -0.1) is 0 Å². The molecule has 2 aromatic rings. The van der Waals surface area contributed by atoms with Crippen LogP contribution in [0.4, 0.5) is 16.6 Å². The summed E-state index contributed by atoms with van der Waals surface area (Å²) in [6.07, 6.45) is 2.51. The van der Waals surface area contributed by atoms with Crippen molar-refractivity contribution in [2.24, 2.45) is 0 Å². The number of rotatable bonds is 6. The van der Waals surface area contributed by atoms with Crippen molar-refractivity contribution in [1.29, 1.82) is 0 Å². The second kappa shape index (κ2) is 6.44. The molecule has 0 unspecified atom stereocenters. The van der Waals surface area contributed by atoms with Crippen molar-refractivity contribution in [3.05, 3.63) is 24.2 Å². The third kappa shape index (κ3) is 3.87. The molecule has 7 heteroatoms.